The number of para-hydroxylation sites is 1. The summed E-state index contributed by atoms with van der Waals surface area (Å²) in [6, 6.07) is 7.32. The van der Waals surface area contributed by atoms with Gasteiger partial charge in [-0.25, -0.2) is 0 Å². The third-order valence-corrected chi connectivity index (χ3v) is 2.36. The molecule has 0 unspecified atom stereocenters. The average Bonchev–Trinajstić information content (AvgIpc) is 2.34. The summed E-state index contributed by atoms with van der Waals surface area (Å²) in [5.41, 5.74) is 0.599. The maximum absolute atomic E-state index is 11.5. The van der Waals surface area contributed by atoms with Crippen molar-refractivity contribution in [2.75, 3.05) is 13.7 Å². The van der Waals surface area contributed by atoms with E-state index in [1.807, 2.05) is 18.2 Å². The summed E-state index contributed by atoms with van der Waals surface area (Å²) in [7, 11) is 1.62. The van der Waals surface area contributed by atoms with E-state index in [9.17, 15) is 4.79 Å². The molecule has 0 radical (unpaired) electrons. The number of amides is 1. The third-order valence-electron chi connectivity index (χ3n) is 2.36. The summed E-state index contributed by atoms with van der Waals surface area (Å²) >= 11 is 0. The Balaban J connectivity index is 2.60. The molecule has 1 amide bonds. The molecule has 0 saturated heterocycles. The van der Waals surface area contributed by atoms with Crippen molar-refractivity contribution in [3.63, 3.8) is 0 Å². The van der Waals surface area contributed by atoms with Crippen LogP contribution < -0.4 is 10.1 Å². The molecular weight excluding hydrogens is 202 g/mol. The van der Waals surface area contributed by atoms with Gasteiger partial charge in [0.05, 0.1) is 12.2 Å². The highest BCUT2D eigenvalue weighted by atomic mass is 16.5. The molecule has 3 nitrogen and oxygen atoms in total. The minimum Gasteiger partial charge on any atom is -0.493 e. The first-order valence-electron chi connectivity index (χ1n) is 5.73. The van der Waals surface area contributed by atoms with E-state index in [1.165, 1.54) is 6.42 Å². The molecule has 16 heavy (non-hydrogen) atoms. The van der Waals surface area contributed by atoms with Gasteiger partial charge < -0.3 is 10.1 Å². The van der Waals surface area contributed by atoms with E-state index < -0.39 is 0 Å². The summed E-state index contributed by atoms with van der Waals surface area (Å²) in [6.07, 6.45) is 3.35. The van der Waals surface area contributed by atoms with Crippen molar-refractivity contribution >= 4 is 5.91 Å². The van der Waals surface area contributed by atoms with Crippen LogP contribution in [0.3, 0.4) is 0 Å². The largest absolute Gasteiger partial charge is 0.493 e. The van der Waals surface area contributed by atoms with E-state index in [2.05, 4.69) is 12.2 Å². The van der Waals surface area contributed by atoms with Gasteiger partial charge >= 0.3 is 0 Å². The lowest BCUT2D eigenvalue weighted by Crippen LogP contribution is -2.18. The number of hydrogen-bond donors (Lipinski definition) is 1. The van der Waals surface area contributed by atoms with Gasteiger partial charge in [-0.2, -0.15) is 0 Å². The smallest absolute Gasteiger partial charge is 0.254 e. The minimum absolute atomic E-state index is 0.105. The number of hydrogen-bond acceptors (Lipinski definition) is 2. The molecular formula is C13H19NO2. The number of unbranched alkanes of at least 4 members (excludes halogenated alkanes) is 2. The lowest BCUT2D eigenvalue weighted by atomic mass is 10.2. The Morgan fingerprint density at radius 2 is 2.06 bits per heavy atom. The van der Waals surface area contributed by atoms with Gasteiger partial charge in [0.1, 0.15) is 5.75 Å². The third kappa shape index (κ3) is 3.57. The molecule has 88 valence electrons. The molecule has 0 heterocycles. The molecule has 1 rings (SSSR count). The summed E-state index contributed by atoms with van der Waals surface area (Å²) in [4.78, 5) is 11.5. The Morgan fingerprint density at radius 1 is 1.31 bits per heavy atom. The van der Waals surface area contributed by atoms with Crippen LogP contribution in [0.15, 0.2) is 24.3 Å². The van der Waals surface area contributed by atoms with Crippen molar-refractivity contribution in [1.29, 1.82) is 0 Å². The second-order valence-corrected chi connectivity index (χ2v) is 3.63. The van der Waals surface area contributed by atoms with Gasteiger partial charge in [0, 0.05) is 7.05 Å². The Labute approximate surface area is 96.8 Å². The number of benzene rings is 1. The number of carbonyl (C=O) groups excluding carboxylic acids is 1. The molecule has 0 aliphatic rings. The first-order chi connectivity index (χ1) is 7.79. The summed E-state index contributed by atoms with van der Waals surface area (Å²) in [5, 5.41) is 2.60. The van der Waals surface area contributed by atoms with Gasteiger partial charge in [-0.15, -0.1) is 0 Å². The zero-order valence-electron chi connectivity index (χ0n) is 9.95. The van der Waals surface area contributed by atoms with E-state index in [4.69, 9.17) is 4.74 Å². The number of carbonyl (C=O) groups is 1. The highest BCUT2D eigenvalue weighted by molar-refractivity contribution is 5.96. The molecule has 0 fully saturated rings. The number of ether oxygens (including phenoxy) is 1. The van der Waals surface area contributed by atoms with E-state index in [0.717, 1.165) is 12.8 Å². The zero-order chi connectivity index (χ0) is 11.8. The lowest BCUT2D eigenvalue weighted by Gasteiger charge is -2.09. The second-order valence-electron chi connectivity index (χ2n) is 3.63. The van der Waals surface area contributed by atoms with Crippen LogP contribution in [0.1, 0.15) is 36.5 Å². The first-order valence-corrected chi connectivity index (χ1v) is 5.73. The zero-order valence-corrected chi connectivity index (χ0v) is 9.95. The Hall–Kier alpha value is -1.51. The highest BCUT2D eigenvalue weighted by Gasteiger charge is 2.09. The summed E-state index contributed by atoms with van der Waals surface area (Å²) < 4.78 is 5.60. The average molecular weight is 221 g/mol. The molecule has 0 atom stereocenters. The van der Waals surface area contributed by atoms with Gasteiger partial charge in [0.15, 0.2) is 0 Å². The van der Waals surface area contributed by atoms with Gasteiger partial charge in [-0.1, -0.05) is 31.9 Å². The predicted molar refractivity (Wildman–Crippen MR) is 64.9 cm³/mol. The molecule has 0 aliphatic carbocycles. The Kier molecular flexibility index (Phi) is 5.40. The van der Waals surface area contributed by atoms with Crippen molar-refractivity contribution in [3.05, 3.63) is 29.8 Å². The fraction of sp³-hybridized carbons (Fsp3) is 0.462. The van der Waals surface area contributed by atoms with Gasteiger partial charge in [-0.05, 0) is 18.6 Å². The van der Waals surface area contributed by atoms with Crippen LogP contribution in [0.25, 0.3) is 0 Å². The number of nitrogens with one attached hydrogen (secondary N) is 1. The fourth-order valence-electron chi connectivity index (χ4n) is 1.45. The van der Waals surface area contributed by atoms with Crippen LogP contribution in [-0.4, -0.2) is 19.6 Å². The normalized spacial score (nSPS) is 9.88. The van der Waals surface area contributed by atoms with Crippen LogP contribution >= 0.6 is 0 Å². The van der Waals surface area contributed by atoms with Crippen LogP contribution in [0.4, 0.5) is 0 Å². The molecule has 0 aromatic heterocycles. The highest BCUT2D eigenvalue weighted by Crippen LogP contribution is 2.18. The topological polar surface area (TPSA) is 38.3 Å². The van der Waals surface area contributed by atoms with Gasteiger partial charge in [-0.3, -0.25) is 4.79 Å². The summed E-state index contributed by atoms with van der Waals surface area (Å²) in [6.45, 7) is 2.82. The molecule has 1 aromatic carbocycles. The fourth-order valence-corrected chi connectivity index (χ4v) is 1.45. The van der Waals surface area contributed by atoms with E-state index >= 15 is 0 Å². The molecule has 1 N–H and O–H groups in total. The number of rotatable bonds is 6. The van der Waals surface area contributed by atoms with E-state index in [0.29, 0.717) is 17.9 Å². The minimum atomic E-state index is -0.105. The van der Waals surface area contributed by atoms with E-state index in [-0.39, 0.29) is 5.91 Å². The predicted octanol–water partition coefficient (Wildman–Crippen LogP) is 2.62. The second kappa shape index (κ2) is 6.88. The summed E-state index contributed by atoms with van der Waals surface area (Å²) in [5.74, 6) is 0.559. The first kappa shape index (κ1) is 12.6. The molecule has 0 saturated carbocycles. The molecule has 0 spiro atoms. The monoisotopic (exact) mass is 221 g/mol. The quantitative estimate of drug-likeness (QED) is 0.750. The van der Waals surface area contributed by atoms with Crippen LogP contribution in [0.2, 0.25) is 0 Å². The van der Waals surface area contributed by atoms with E-state index in [1.54, 1.807) is 13.1 Å². The van der Waals surface area contributed by atoms with Gasteiger partial charge in [0.25, 0.3) is 5.91 Å². The van der Waals surface area contributed by atoms with Crippen LogP contribution in [0.5, 0.6) is 5.75 Å². The van der Waals surface area contributed by atoms with Crippen molar-refractivity contribution in [3.8, 4) is 5.75 Å². The molecule has 0 bridgehead atoms. The molecule has 0 aliphatic heterocycles. The molecule has 3 heteroatoms. The standard InChI is InChI=1S/C13H19NO2/c1-3-4-7-10-16-12-9-6-5-8-11(12)13(15)14-2/h5-6,8-9H,3-4,7,10H2,1-2H3,(H,14,15). The Morgan fingerprint density at radius 3 is 2.75 bits per heavy atom. The maximum Gasteiger partial charge on any atom is 0.254 e. The van der Waals surface area contributed by atoms with Crippen molar-refractivity contribution in [1.82, 2.24) is 5.32 Å². The van der Waals surface area contributed by atoms with Crippen LogP contribution in [0, 0.1) is 0 Å². The SMILES string of the molecule is CCCCCOc1ccccc1C(=O)NC. The van der Waals surface area contributed by atoms with Crippen molar-refractivity contribution < 1.29 is 9.53 Å². The van der Waals surface area contributed by atoms with Gasteiger partial charge in [0.2, 0.25) is 0 Å². The van der Waals surface area contributed by atoms with Crippen LogP contribution in [-0.2, 0) is 0 Å². The maximum atomic E-state index is 11.5. The Bertz CT molecular complexity index is 336. The van der Waals surface area contributed by atoms with Crippen molar-refractivity contribution in [2.45, 2.75) is 26.2 Å². The van der Waals surface area contributed by atoms with Crippen molar-refractivity contribution in [2.24, 2.45) is 0 Å². The lowest BCUT2D eigenvalue weighted by molar-refractivity contribution is 0.0959. The molecule has 1 aromatic rings.